The average molecular weight is 347 g/mol. The molecular weight excluding hydrogens is 327 g/mol. The van der Waals surface area contributed by atoms with E-state index in [0.29, 0.717) is 5.56 Å². The van der Waals surface area contributed by atoms with Crippen LogP contribution in [0.25, 0.3) is 0 Å². The molecule has 0 bridgehead atoms. The fraction of sp³-hybridized carbons (Fsp3) is 0.625. The molecule has 23 heavy (non-hydrogen) atoms. The number of alkyl halides is 3. The van der Waals surface area contributed by atoms with Crippen LogP contribution in [0, 0.1) is 0 Å². The van der Waals surface area contributed by atoms with Crippen LogP contribution in [-0.2, 0) is 15.5 Å². The van der Waals surface area contributed by atoms with Crippen molar-refractivity contribution in [2.45, 2.75) is 63.8 Å². The number of rotatable bonds is 2. The van der Waals surface area contributed by atoms with Crippen LogP contribution >= 0.6 is 11.6 Å². The van der Waals surface area contributed by atoms with E-state index in [-0.39, 0.29) is 16.4 Å². The predicted molar refractivity (Wildman–Crippen MR) is 84.1 cm³/mol. The number of benzene rings is 1. The van der Waals surface area contributed by atoms with Crippen molar-refractivity contribution in [1.29, 1.82) is 0 Å². The minimum absolute atomic E-state index is 0.176. The first-order valence-corrected chi connectivity index (χ1v) is 8.06. The Morgan fingerprint density at radius 2 is 1.61 bits per heavy atom. The summed E-state index contributed by atoms with van der Waals surface area (Å²) in [6, 6.07) is 2.87. The lowest BCUT2D eigenvalue weighted by molar-refractivity contribution is -0.137. The summed E-state index contributed by atoms with van der Waals surface area (Å²) >= 11 is 6.08. The third-order valence-electron chi connectivity index (χ3n) is 4.98. The van der Waals surface area contributed by atoms with Crippen LogP contribution < -0.4 is 5.46 Å². The van der Waals surface area contributed by atoms with Gasteiger partial charge >= 0.3 is 13.3 Å². The lowest BCUT2D eigenvalue weighted by Gasteiger charge is -2.32. The van der Waals surface area contributed by atoms with Gasteiger partial charge in [0.2, 0.25) is 0 Å². The molecule has 1 aromatic rings. The van der Waals surface area contributed by atoms with Gasteiger partial charge in [-0.25, -0.2) is 0 Å². The molecule has 0 N–H and O–H groups in total. The van der Waals surface area contributed by atoms with E-state index < -0.39 is 30.1 Å². The van der Waals surface area contributed by atoms with Crippen molar-refractivity contribution in [3.05, 3.63) is 28.3 Å². The van der Waals surface area contributed by atoms with E-state index >= 15 is 0 Å². The van der Waals surface area contributed by atoms with Crippen LogP contribution in [0.15, 0.2) is 12.1 Å². The largest absolute Gasteiger partial charge is 0.496 e. The number of halogens is 4. The second-order valence-electron chi connectivity index (χ2n) is 7.33. The summed E-state index contributed by atoms with van der Waals surface area (Å²) in [5, 5.41) is -0.333. The van der Waals surface area contributed by atoms with Crippen LogP contribution in [0.2, 0.25) is 5.02 Å². The van der Waals surface area contributed by atoms with E-state index in [2.05, 4.69) is 0 Å². The van der Waals surface area contributed by atoms with Crippen molar-refractivity contribution in [1.82, 2.24) is 0 Å². The lowest BCUT2D eigenvalue weighted by atomic mass is 9.76. The van der Waals surface area contributed by atoms with Crippen LogP contribution in [0.5, 0.6) is 0 Å². The summed E-state index contributed by atoms with van der Waals surface area (Å²) in [6.45, 7) is 7.43. The zero-order valence-corrected chi connectivity index (χ0v) is 14.3. The van der Waals surface area contributed by atoms with Gasteiger partial charge in [-0.1, -0.05) is 17.7 Å². The highest BCUT2D eigenvalue weighted by atomic mass is 35.5. The molecule has 1 saturated heterocycles. The number of hydrogen-bond donors (Lipinski definition) is 0. The molecular formula is C16H19BClF3O2. The van der Waals surface area contributed by atoms with Gasteiger partial charge in [0, 0.05) is 5.46 Å². The maximum absolute atomic E-state index is 13.3. The smallest absolute Gasteiger partial charge is 0.399 e. The van der Waals surface area contributed by atoms with Gasteiger partial charge in [-0.2, -0.15) is 13.2 Å². The first-order chi connectivity index (χ1) is 10.4. The van der Waals surface area contributed by atoms with E-state index in [1.54, 1.807) is 6.07 Å². The van der Waals surface area contributed by atoms with Crippen molar-refractivity contribution >= 4 is 24.2 Å². The SMILES string of the molecule is CC1(C)OB(c2cc(C3CC3)cc(C(F)(F)F)c2Cl)OC1(C)C. The maximum Gasteiger partial charge on any atom is 0.496 e. The summed E-state index contributed by atoms with van der Waals surface area (Å²) < 4.78 is 51.7. The fourth-order valence-corrected chi connectivity index (χ4v) is 2.98. The van der Waals surface area contributed by atoms with Gasteiger partial charge in [-0.05, 0) is 58.1 Å². The van der Waals surface area contributed by atoms with E-state index in [0.717, 1.165) is 18.9 Å². The minimum atomic E-state index is -4.50. The molecule has 0 atom stereocenters. The molecule has 0 unspecified atom stereocenters. The molecule has 0 amide bonds. The summed E-state index contributed by atoms with van der Waals surface area (Å²) in [7, 11) is -0.896. The normalized spacial score (nSPS) is 23.4. The Labute approximate surface area is 139 Å². The third-order valence-corrected chi connectivity index (χ3v) is 5.41. The monoisotopic (exact) mass is 346 g/mol. The summed E-state index contributed by atoms with van der Waals surface area (Å²) in [5.41, 5.74) is -1.15. The lowest BCUT2D eigenvalue weighted by Crippen LogP contribution is -2.41. The third kappa shape index (κ3) is 3.01. The summed E-state index contributed by atoms with van der Waals surface area (Å²) in [6.07, 6.45) is -2.69. The first-order valence-electron chi connectivity index (χ1n) is 7.68. The van der Waals surface area contributed by atoms with Crippen molar-refractivity contribution < 1.29 is 22.5 Å². The van der Waals surface area contributed by atoms with Gasteiger partial charge in [0.1, 0.15) is 0 Å². The molecule has 0 aromatic heterocycles. The Bertz CT molecular complexity index is 623. The zero-order valence-electron chi connectivity index (χ0n) is 13.6. The van der Waals surface area contributed by atoms with Crippen molar-refractivity contribution in [3.8, 4) is 0 Å². The van der Waals surface area contributed by atoms with E-state index in [1.807, 2.05) is 27.7 Å². The van der Waals surface area contributed by atoms with Gasteiger partial charge in [-0.3, -0.25) is 0 Å². The zero-order chi connectivity index (χ0) is 17.2. The maximum atomic E-state index is 13.3. The highest BCUT2D eigenvalue weighted by molar-refractivity contribution is 6.65. The quantitative estimate of drug-likeness (QED) is 0.732. The van der Waals surface area contributed by atoms with Gasteiger partial charge in [0.05, 0.1) is 21.8 Å². The number of hydrogen-bond acceptors (Lipinski definition) is 2. The first kappa shape index (κ1) is 17.1. The van der Waals surface area contributed by atoms with E-state index in [4.69, 9.17) is 20.9 Å². The molecule has 1 aromatic carbocycles. The highest BCUT2D eigenvalue weighted by Crippen LogP contribution is 2.44. The van der Waals surface area contributed by atoms with Gasteiger partial charge in [-0.15, -0.1) is 0 Å². The summed E-state index contributed by atoms with van der Waals surface area (Å²) in [5.74, 6) is 0.176. The van der Waals surface area contributed by atoms with Gasteiger partial charge in [0.25, 0.3) is 0 Å². The Balaban J connectivity index is 2.07. The Kier molecular flexibility index (Phi) is 3.82. The molecule has 126 valence electrons. The molecule has 2 nitrogen and oxygen atoms in total. The standard InChI is InChI=1S/C16H19BClF3O2/c1-14(2)15(3,4)23-17(22-14)12-8-10(9-5-6-9)7-11(13(12)18)16(19,20)21/h7-9H,5-6H2,1-4H3. The highest BCUT2D eigenvalue weighted by Gasteiger charge is 2.53. The molecule has 1 heterocycles. The van der Waals surface area contributed by atoms with Crippen molar-refractivity contribution in [2.75, 3.05) is 0 Å². The molecule has 0 radical (unpaired) electrons. The summed E-state index contributed by atoms with van der Waals surface area (Å²) in [4.78, 5) is 0. The Morgan fingerprint density at radius 1 is 1.09 bits per heavy atom. The molecule has 0 spiro atoms. The second kappa shape index (κ2) is 5.14. The fourth-order valence-electron chi connectivity index (χ4n) is 2.67. The van der Waals surface area contributed by atoms with Gasteiger partial charge in [0.15, 0.2) is 0 Å². The predicted octanol–water partition coefficient (Wildman–Crippen LogP) is 4.54. The molecule has 1 saturated carbocycles. The van der Waals surface area contributed by atoms with Crippen LogP contribution in [0.4, 0.5) is 13.2 Å². The molecule has 3 rings (SSSR count). The molecule has 2 fully saturated rings. The minimum Gasteiger partial charge on any atom is -0.399 e. The van der Waals surface area contributed by atoms with Gasteiger partial charge < -0.3 is 9.31 Å². The van der Waals surface area contributed by atoms with Crippen LogP contribution in [-0.4, -0.2) is 18.3 Å². The average Bonchev–Trinajstić information content (AvgIpc) is 3.17. The second-order valence-corrected chi connectivity index (χ2v) is 7.71. The topological polar surface area (TPSA) is 18.5 Å². The Hall–Kier alpha value is -0.715. The molecule has 7 heteroatoms. The van der Waals surface area contributed by atoms with Crippen molar-refractivity contribution in [2.24, 2.45) is 0 Å². The van der Waals surface area contributed by atoms with Crippen LogP contribution in [0.1, 0.15) is 57.6 Å². The molecule has 1 aliphatic heterocycles. The molecule has 1 aliphatic carbocycles. The van der Waals surface area contributed by atoms with Crippen LogP contribution in [0.3, 0.4) is 0 Å². The van der Waals surface area contributed by atoms with E-state index in [9.17, 15) is 13.2 Å². The van der Waals surface area contributed by atoms with E-state index in [1.165, 1.54) is 0 Å². The Morgan fingerprint density at radius 3 is 2.04 bits per heavy atom. The van der Waals surface area contributed by atoms with Crippen molar-refractivity contribution in [3.63, 3.8) is 0 Å². The molecule has 2 aliphatic rings.